The highest BCUT2D eigenvalue weighted by Crippen LogP contribution is 2.03. The quantitative estimate of drug-likeness (QED) is 0.625. The van der Waals surface area contributed by atoms with Crippen LogP contribution in [-0.2, 0) is 4.79 Å². The molecule has 1 unspecified atom stereocenters. The van der Waals surface area contributed by atoms with Gasteiger partial charge in [-0.1, -0.05) is 19.8 Å². The number of nitrogens with one attached hydrogen (secondary N) is 1. The predicted molar refractivity (Wildman–Crippen MR) is 51.9 cm³/mol. The van der Waals surface area contributed by atoms with Crippen LogP contribution in [0, 0.1) is 17.8 Å². The molecule has 0 aromatic carbocycles. The zero-order valence-corrected chi connectivity index (χ0v) is 8.42. The Hall–Kier alpha value is -1.01. The van der Waals surface area contributed by atoms with Crippen molar-refractivity contribution in [2.45, 2.75) is 33.2 Å². The van der Waals surface area contributed by atoms with Crippen molar-refractivity contribution in [2.75, 3.05) is 6.61 Å². The van der Waals surface area contributed by atoms with E-state index in [0.29, 0.717) is 5.92 Å². The summed E-state index contributed by atoms with van der Waals surface area (Å²) >= 11 is 0. The van der Waals surface area contributed by atoms with Gasteiger partial charge in [0.25, 0.3) is 5.91 Å². The van der Waals surface area contributed by atoms with E-state index in [2.05, 4.69) is 17.2 Å². The number of hydrogen-bond donors (Lipinski definition) is 2. The van der Waals surface area contributed by atoms with Crippen molar-refractivity contribution in [3.8, 4) is 11.8 Å². The Balaban J connectivity index is 3.95. The first kappa shape index (κ1) is 12.0. The molecular formula is C10H17NO2. The average molecular weight is 183 g/mol. The molecule has 0 bridgehead atoms. The van der Waals surface area contributed by atoms with Crippen LogP contribution >= 0.6 is 0 Å². The fourth-order valence-corrected chi connectivity index (χ4v) is 1.08. The summed E-state index contributed by atoms with van der Waals surface area (Å²) < 4.78 is 0. The van der Waals surface area contributed by atoms with Crippen LogP contribution in [0.15, 0.2) is 0 Å². The van der Waals surface area contributed by atoms with E-state index in [-0.39, 0.29) is 18.6 Å². The highest BCUT2D eigenvalue weighted by Gasteiger charge is 2.10. The fourth-order valence-electron chi connectivity index (χ4n) is 1.08. The van der Waals surface area contributed by atoms with Crippen LogP contribution < -0.4 is 5.32 Å². The molecule has 0 aliphatic carbocycles. The van der Waals surface area contributed by atoms with Crippen LogP contribution in [-0.4, -0.2) is 23.7 Å². The molecule has 0 spiro atoms. The Bertz CT molecular complexity index is 213. The predicted octanol–water partition coefficient (Wildman–Crippen LogP) is 0.533. The monoisotopic (exact) mass is 183 g/mol. The highest BCUT2D eigenvalue weighted by atomic mass is 16.3. The van der Waals surface area contributed by atoms with Gasteiger partial charge >= 0.3 is 0 Å². The van der Waals surface area contributed by atoms with Crippen LogP contribution in [0.3, 0.4) is 0 Å². The second-order valence-electron chi connectivity index (χ2n) is 3.36. The number of amides is 1. The van der Waals surface area contributed by atoms with E-state index in [4.69, 9.17) is 5.11 Å². The van der Waals surface area contributed by atoms with Crippen molar-refractivity contribution in [1.29, 1.82) is 0 Å². The first-order chi connectivity index (χ1) is 6.10. The van der Waals surface area contributed by atoms with Crippen molar-refractivity contribution >= 4 is 5.91 Å². The molecule has 2 N–H and O–H groups in total. The van der Waals surface area contributed by atoms with Gasteiger partial charge in [0.05, 0.1) is 12.6 Å². The standard InChI is InChI=1S/C10H17NO2/c1-4-5-10(13)11-9(7-12)6-8(2)3/h8-9,12H,6-7H2,1-3H3,(H,11,13). The maximum absolute atomic E-state index is 11.0. The number of hydrogen-bond acceptors (Lipinski definition) is 2. The highest BCUT2D eigenvalue weighted by molar-refractivity contribution is 5.93. The summed E-state index contributed by atoms with van der Waals surface area (Å²) in [6, 6.07) is -0.173. The van der Waals surface area contributed by atoms with Gasteiger partial charge in [-0.25, -0.2) is 0 Å². The molecule has 3 nitrogen and oxygen atoms in total. The number of rotatable bonds is 4. The molecule has 0 rings (SSSR count). The van der Waals surface area contributed by atoms with Crippen LogP contribution in [0.2, 0.25) is 0 Å². The van der Waals surface area contributed by atoms with Gasteiger partial charge in [-0.2, -0.15) is 0 Å². The summed E-state index contributed by atoms with van der Waals surface area (Å²) in [7, 11) is 0. The molecule has 3 heteroatoms. The Kier molecular flexibility index (Phi) is 5.99. The Labute approximate surface area is 79.5 Å². The maximum atomic E-state index is 11.0. The van der Waals surface area contributed by atoms with E-state index in [0.717, 1.165) is 6.42 Å². The summed E-state index contributed by atoms with van der Waals surface area (Å²) in [4.78, 5) is 11.0. The lowest BCUT2D eigenvalue weighted by atomic mass is 10.0. The van der Waals surface area contributed by atoms with E-state index >= 15 is 0 Å². The van der Waals surface area contributed by atoms with Gasteiger partial charge in [0.2, 0.25) is 0 Å². The number of carbonyl (C=O) groups excluding carboxylic acids is 1. The van der Waals surface area contributed by atoms with E-state index in [1.807, 2.05) is 13.8 Å². The average Bonchev–Trinajstić information content (AvgIpc) is 2.02. The third kappa shape index (κ3) is 6.18. The second kappa shape index (κ2) is 6.50. The molecule has 0 aliphatic heterocycles. The van der Waals surface area contributed by atoms with Gasteiger partial charge in [0, 0.05) is 0 Å². The van der Waals surface area contributed by atoms with Gasteiger partial charge in [-0.15, -0.1) is 0 Å². The third-order valence-corrected chi connectivity index (χ3v) is 1.55. The van der Waals surface area contributed by atoms with Gasteiger partial charge in [-0.3, -0.25) is 4.79 Å². The van der Waals surface area contributed by atoms with E-state index in [1.165, 1.54) is 0 Å². The summed E-state index contributed by atoms with van der Waals surface area (Å²) in [6.07, 6.45) is 0.771. The molecule has 13 heavy (non-hydrogen) atoms. The van der Waals surface area contributed by atoms with Crippen molar-refractivity contribution in [3.05, 3.63) is 0 Å². The summed E-state index contributed by atoms with van der Waals surface area (Å²) in [5, 5.41) is 11.6. The zero-order valence-electron chi connectivity index (χ0n) is 8.42. The topological polar surface area (TPSA) is 49.3 Å². The minimum atomic E-state index is -0.317. The first-order valence-corrected chi connectivity index (χ1v) is 4.44. The largest absolute Gasteiger partial charge is 0.394 e. The molecule has 0 radical (unpaired) electrons. The second-order valence-corrected chi connectivity index (χ2v) is 3.36. The van der Waals surface area contributed by atoms with E-state index < -0.39 is 0 Å². The smallest absolute Gasteiger partial charge is 0.296 e. The van der Waals surface area contributed by atoms with Crippen LogP contribution in [0.1, 0.15) is 27.2 Å². The van der Waals surface area contributed by atoms with Gasteiger partial charge in [-0.05, 0) is 25.2 Å². The maximum Gasteiger partial charge on any atom is 0.296 e. The molecule has 1 atom stereocenters. The van der Waals surface area contributed by atoms with Crippen LogP contribution in [0.5, 0.6) is 0 Å². The minimum absolute atomic E-state index is 0.0324. The lowest BCUT2D eigenvalue weighted by molar-refractivity contribution is -0.116. The SMILES string of the molecule is CC#CC(=O)NC(CO)CC(C)C. The molecule has 74 valence electrons. The molecule has 0 aromatic rings. The molecule has 0 fully saturated rings. The normalized spacial score (nSPS) is 11.8. The van der Waals surface area contributed by atoms with Crippen LogP contribution in [0.4, 0.5) is 0 Å². The number of aliphatic hydroxyl groups is 1. The molecule has 0 aliphatic rings. The lowest BCUT2D eigenvalue weighted by Gasteiger charge is -2.16. The summed E-state index contributed by atoms with van der Waals surface area (Å²) in [5.74, 6) is 5.01. The summed E-state index contributed by atoms with van der Waals surface area (Å²) in [5.41, 5.74) is 0. The molecule has 0 saturated heterocycles. The van der Waals surface area contributed by atoms with Gasteiger partial charge < -0.3 is 10.4 Å². The fraction of sp³-hybridized carbons (Fsp3) is 0.700. The van der Waals surface area contributed by atoms with Crippen LogP contribution in [0.25, 0.3) is 0 Å². The summed E-state index contributed by atoms with van der Waals surface area (Å²) in [6.45, 7) is 5.66. The number of carbonyl (C=O) groups is 1. The Morgan fingerprint density at radius 1 is 1.54 bits per heavy atom. The van der Waals surface area contributed by atoms with Crippen molar-refractivity contribution in [1.82, 2.24) is 5.32 Å². The number of aliphatic hydroxyl groups excluding tert-OH is 1. The van der Waals surface area contributed by atoms with Crippen molar-refractivity contribution in [2.24, 2.45) is 5.92 Å². The van der Waals surface area contributed by atoms with E-state index in [1.54, 1.807) is 6.92 Å². The Morgan fingerprint density at radius 2 is 2.15 bits per heavy atom. The Morgan fingerprint density at radius 3 is 2.54 bits per heavy atom. The third-order valence-electron chi connectivity index (χ3n) is 1.55. The molecule has 1 amide bonds. The minimum Gasteiger partial charge on any atom is -0.394 e. The van der Waals surface area contributed by atoms with Gasteiger partial charge in [0.1, 0.15) is 0 Å². The molecular weight excluding hydrogens is 166 g/mol. The molecule has 0 heterocycles. The van der Waals surface area contributed by atoms with Crippen molar-refractivity contribution in [3.63, 3.8) is 0 Å². The van der Waals surface area contributed by atoms with Crippen molar-refractivity contribution < 1.29 is 9.90 Å². The first-order valence-electron chi connectivity index (χ1n) is 4.44. The molecule has 0 saturated carbocycles. The molecule has 0 aromatic heterocycles. The lowest BCUT2D eigenvalue weighted by Crippen LogP contribution is -2.37. The van der Waals surface area contributed by atoms with E-state index in [9.17, 15) is 4.79 Å². The van der Waals surface area contributed by atoms with Gasteiger partial charge in [0.15, 0.2) is 0 Å². The zero-order chi connectivity index (χ0) is 10.3.